The van der Waals surface area contributed by atoms with E-state index in [0.29, 0.717) is 36.4 Å². The molecule has 1 aliphatic rings. The van der Waals surface area contributed by atoms with Gasteiger partial charge in [0.2, 0.25) is 5.90 Å². The number of hydrogen-bond acceptors (Lipinski definition) is 6. The molecule has 1 aliphatic heterocycles. The maximum absolute atomic E-state index is 13.8. The monoisotopic (exact) mass is 470 g/mol. The first-order valence-corrected chi connectivity index (χ1v) is 11.2. The van der Waals surface area contributed by atoms with Gasteiger partial charge in [0.15, 0.2) is 0 Å². The number of halogens is 3. The van der Waals surface area contributed by atoms with Gasteiger partial charge in [-0.2, -0.15) is 13.2 Å². The normalized spacial score (nSPS) is 17.5. The Balaban J connectivity index is 2.29. The second kappa shape index (κ2) is 12.6. The summed E-state index contributed by atoms with van der Waals surface area (Å²) in [7, 11) is 1.53. The van der Waals surface area contributed by atoms with E-state index in [1.54, 1.807) is 6.07 Å². The Morgan fingerprint density at radius 1 is 1.21 bits per heavy atom. The number of alkyl halides is 3. The molecule has 184 valence electrons. The molecule has 1 saturated heterocycles. The van der Waals surface area contributed by atoms with E-state index in [1.807, 2.05) is 13.8 Å². The van der Waals surface area contributed by atoms with Crippen LogP contribution in [0.15, 0.2) is 28.8 Å². The maximum Gasteiger partial charge on any atom is 0.419 e. The van der Waals surface area contributed by atoms with Crippen molar-refractivity contribution in [3.8, 4) is 5.75 Å². The minimum Gasteiger partial charge on any atom is -0.493 e. The van der Waals surface area contributed by atoms with Gasteiger partial charge in [-0.3, -0.25) is 4.79 Å². The number of ether oxygens (including phenoxy) is 3. The smallest absolute Gasteiger partial charge is 0.419 e. The third-order valence-corrected chi connectivity index (χ3v) is 5.38. The van der Waals surface area contributed by atoms with Crippen LogP contribution >= 0.6 is 0 Å². The Morgan fingerprint density at radius 2 is 1.94 bits per heavy atom. The van der Waals surface area contributed by atoms with Crippen molar-refractivity contribution >= 4 is 17.6 Å². The number of rotatable bonds is 10. The van der Waals surface area contributed by atoms with Crippen molar-refractivity contribution in [1.29, 1.82) is 0 Å². The summed E-state index contributed by atoms with van der Waals surface area (Å²) < 4.78 is 57.3. The van der Waals surface area contributed by atoms with Crippen molar-refractivity contribution in [3.63, 3.8) is 0 Å². The first kappa shape index (κ1) is 26.7. The van der Waals surface area contributed by atoms with Crippen LogP contribution in [0.1, 0.15) is 64.0 Å². The van der Waals surface area contributed by atoms with Crippen LogP contribution in [0.5, 0.6) is 5.75 Å². The Bertz CT molecular complexity index is 860. The molecule has 0 radical (unpaired) electrons. The van der Waals surface area contributed by atoms with Gasteiger partial charge in [-0.1, -0.05) is 6.92 Å². The van der Waals surface area contributed by atoms with Gasteiger partial charge < -0.3 is 19.5 Å². The van der Waals surface area contributed by atoms with Crippen molar-refractivity contribution in [3.05, 3.63) is 34.9 Å². The van der Waals surface area contributed by atoms with E-state index >= 15 is 0 Å². The lowest BCUT2D eigenvalue weighted by Gasteiger charge is -2.18. The molecule has 0 saturated carbocycles. The van der Waals surface area contributed by atoms with E-state index in [2.05, 4.69) is 10.3 Å². The molecule has 1 unspecified atom stereocenters. The quantitative estimate of drug-likeness (QED) is 0.216. The Labute approximate surface area is 193 Å². The van der Waals surface area contributed by atoms with E-state index in [0.717, 1.165) is 31.0 Å². The molecular formula is C24H33F3N2O4. The number of unbranched alkanes of at least 4 members (excludes halogenated alkanes) is 1. The van der Waals surface area contributed by atoms with Gasteiger partial charge in [0, 0.05) is 12.5 Å². The second-order valence-corrected chi connectivity index (χ2v) is 7.89. The van der Waals surface area contributed by atoms with Crippen LogP contribution < -0.4 is 10.1 Å². The SMILES string of the molecule is CC/C(C)=C(/N=C(OC)C1CCCN1)c1ccc(OCCCCOC(C)=O)c(C(F)(F)F)c1. The summed E-state index contributed by atoms with van der Waals surface area (Å²) in [5, 5.41) is 3.30. The Morgan fingerprint density at radius 3 is 2.52 bits per heavy atom. The average Bonchev–Trinajstić information content (AvgIpc) is 3.30. The molecule has 0 aromatic heterocycles. The number of carbonyl (C=O) groups is 1. The van der Waals surface area contributed by atoms with Crippen LogP contribution in [0, 0.1) is 0 Å². The van der Waals surface area contributed by atoms with Gasteiger partial charge in [-0.25, -0.2) is 4.99 Å². The summed E-state index contributed by atoms with van der Waals surface area (Å²) in [4.78, 5) is 15.4. The largest absolute Gasteiger partial charge is 0.493 e. The third kappa shape index (κ3) is 8.07. The fourth-order valence-corrected chi connectivity index (χ4v) is 3.47. The van der Waals surface area contributed by atoms with Gasteiger partial charge in [-0.05, 0) is 69.3 Å². The molecule has 9 heteroatoms. The minimum absolute atomic E-state index is 0.0497. The number of aliphatic imine (C=N–C) groups is 1. The van der Waals surface area contributed by atoms with Gasteiger partial charge in [0.25, 0.3) is 0 Å². The molecule has 1 aromatic carbocycles. The molecular weight excluding hydrogens is 437 g/mol. The number of benzene rings is 1. The average molecular weight is 471 g/mol. The van der Waals surface area contributed by atoms with Crippen LogP contribution in [-0.4, -0.2) is 44.8 Å². The van der Waals surface area contributed by atoms with Crippen molar-refractivity contribution < 1.29 is 32.2 Å². The van der Waals surface area contributed by atoms with Crippen molar-refractivity contribution in [1.82, 2.24) is 5.32 Å². The van der Waals surface area contributed by atoms with Crippen LogP contribution in [0.4, 0.5) is 13.2 Å². The van der Waals surface area contributed by atoms with Crippen molar-refractivity contribution in [2.75, 3.05) is 26.9 Å². The number of nitrogens with zero attached hydrogens (tertiary/aromatic N) is 1. The van der Waals surface area contributed by atoms with Crippen molar-refractivity contribution in [2.24, 2.45) is 4.99 Å². The summed E-state index contributed by atoms with van der Waals surface area (Å²) in [5.74, 6) is -0.155. The lowest BCUT2D eigenvalue weighted by Crippen LogP contribution is -2.32. The molecule has 1 atom stereocenters. The van der Waals surface area contributed by atoms with E-state index < -0.39 is 11.7 Å². The Kier molecular flexibility index (Phi) is 10.2. The molecule has 6 nitrogen and oxygen atoms in total. The van der Waals surface area contributed by atoms with Gasteiger partial charge >= 0.3 is 12.1 Å². The van der Waals surface area contributed by atoms with E-state index in [-0.39, 0.29) is 31.0 Å². The fraction of sp³-hybridized carbons (Fsp3) is 0.583. The number of allylic oxidation sites excluding steroid dienone is 1. The molecule has 0 bridgehead atoms. The Hall–Kier alpha value is -2.55. The molecule has 33 heavy (non-hydrogen) atoms. The van der Waals surface area contributed by atoms with E-state index in [4.69, 9.17) is 14.2 Å². The summed E-state index contributed by atoms with van der Waals surface area (Å²) in [6, 6.07) is 3.97. The molecule has 1 fully saturated rings. The number of hydrogen-bond donors (Lipinski definition) is 1. The van der Waals surface area contributed by atoms with Crippen molar-refractivity contribution in [2.45, 2.75) is 65.1 Å². The topological polar surface area (TPSA) is 69.2 Å². The third-order valence-electron chi connectivity index (χ3n) is 5.38. The zero-order chi connectivity index (χ0) is 24.4. The number of esters is 1. The maximum atomic E-state index is 13.8. The van der Waals surface area contributed by atoms with Crippen LogP contribution in [0.2, 0.25) is 0 Å². The second-order valence-electron chi connectivity index (χ2n) is 7.89. The highest BCUT2D eigenvalue weighted by Crippen LogP contribution is 2.39. The molecule has 1 aromatic rings. The predicted molar refractivity (Wildman–Crippen MR) is 121 cm³/mol. The molecule has 2 rings (SSSR count). The first-order chi connectivity index (χ1) is 15.7. The zero-order valence-corrected chi connectivity index (χ0v) is 19.7. The standard InChI is InChI=1S/C24H33F3N2O4/c1-5-16(2)22(29-23(31-4)20-9-8-12-28-20)18-10-11-21(19(15-18)24(25,26)27)33-14-7-6-13-32-17(3)30/h10-11,15,20,28H,5-9,12-14H2,1-4H3/b22-16+,29-23?. The highest BCUT2D eigenvalue weighted by Gasteiger charge is 2.35. The molecule has 1 heterocycles. The lowest BCUT2D eigenvalue weighted by molar-refractivity contribution is -0.141. The minimum atomic E-state index is -4.59. The zero-order valence-electron chi connectivity index (χ0n) is 19.7. The predicted octanol–water partition coefficient (Wildman–Crippen LogP) is 5.37. The summed E-state index contributed by atoms with van der Waals surface area (Å²) >= 11 is 0. The molecule has 0 aliphatic carbocycles. The van der Waals surface area contributed by atoms with Gasteiger partial charge in [-0.15, -0.1) is 0 Å². The molecule has 0 amide bonds. The molecule has 0 spiro atoms. The first-order valence-electron chi connectivity index (χ1n) is 11.2. The number of carbonyl (C=O) groups excluding carboxylic acids is 1. The molecule has 1 N–H and O–H groups in total. The van der Waals surface area contributed by atoms with E-state index in [9.17, 15) is 18.0 Å². The van der Waals surface area contributed by atoms with Gasteiger partial charge in [0.1, 0.15) is 5.75 Å². The summed E-state index contributed by atoms with van der Waals surface area (Å²) in [6.45, 7) is 6.24. The fourth-order valence-electron chi connectivity index (χ4n) is 3.47. The van der Waals surface area contributed by atoms with Crippen LogP contribution in [0.25, 0.3) is 5.70 Å². The van der Waals surface area contributed by atoms with E-state index in [1.165, 1.54) is 20.1 Å². The summed E-state index contributed by atoms with van der Waals surface area (Å²) in [6.07, 6.45) is -1.13. The van der Waals surface area contributed by atoms with Gasteiger partial charge in [0.05, 0.1) is 37.6 Å². The highest BCUT2D eigenvalue weighted by atomic mass is 19.4. The van der Waals surface area contributed by atoms with Crippen LogP contribution in [-0.2, 0) is 20.4 Å². The highest BCUT2D eigenvalue weighted by molar-refractivity contribution is 5.88. The number of nitrogens with one attached hydrogen (secondary N) is 1. The lowest BCUT2D eigenvalue weighted by atomic mass is 10.0. The van der Waals surface area contributed by atoms with Crippen LogP contribution in [0.3, 0.4) is 0 Å². The summed E-state index contributed by atoms with van der Waals surface area (Å²) in [5.41, 5.74) is 0.835. The number of methoxy groups -OCH3 is 1.